The normalized spacial score (nSPS) is 12.0. The van der Waals surface area contributed by atoms with Crippen molar-refractivity contribution < 1.29 is 0 Å². The fourth-order valence-electron chi connectivity index (χ4n) is 6.79. The van der Waals surface area contributed by atoms with Gasteiger partial charge in [0.1, 0.15) is 0 Å². The molecule has 2 aliphatic heterocycles. The Hall–Kier alpha value is -6.52. The van der Waals surface area contributed by atoms with Crippen LogP contribution in [0.25, 0.3) is 78.7 Å². The van der Waals surface area contributed by atoms with Crippen molar-refractivity contribution in [2.24, 2.45) is 4.99 Å². The van der Waals surface area contributed by atoms with Gasteiger partial charge in [-0.2, -0.15) is 0 Å². The average molecular weight is 614 g/mol. The highest BCUT2D eigenvalue weighted by molar-refractivity contribution is 6.05. The number of nitrogens with zero attached hydrogens (tertiary/aromatic N) is 3. The van der Waals surface area contributed by atoms with Crippen molar-refractivity contribution in [3.8, 4) is 44.5 Å². The van der Waals surface area contributed by atoms with E-state index in [-0.39, 0.29) is 0 Å². The summed E-state index contributed by atoms with van der Waals surface area (Å²) in [5, 5.41) is 0. The number of aromatic nitrogens is 3. The quantitative estimate of drug-likeness (QED) is 0.215. The molecule has 9 rings (SSSR count). The van der Waals surface area contributed by atoms with Crippen molar-refractivity contribution in [2.45, 2.75) is 0 Å². The summed E-state index contributed by atoms with van der Waals surface area (Å²) in [5.74, 6) is 0. The smallest absolute Gasteiger partial charge is 0.0737 e. The largest absolute Gasteiger partial charge is 0.657 e. The van der Waals surface area contributed by atoms with E-state index in [1.54, 1.807) is 0 Å². The summed E-state index contributed by atoms with van der Waals surface area (Å²) >= 11 is 0. The van der Waals surface area contributed by atoms with Gasteiger partial charge in [-0.25, -0.2) is 4.98 Å². The van der Waals surface area contributed by atoms with Crippen LogP contribution >= 0.6 is 0 Å². The lowest BCUT2D eigenvalue weighted by Crippen LogP contribution is -1.89. The molecular weight excluding hydrogens is 585 g/mol. The van der Waals surface area contributed by atoms with E-state index in [0.29, 0.717) is 0 Å². The van der Waals surface area contributed by atoms with Crippen LogP contribution in [0.5, 0.6) is 0 Å². The van der Waals surface area contributed by atoms with Crippen LogP contribution in [-0.4, -0.2) is 16.2 Å². The van der Waals surface area contributed by atoms with Gasteiger partial charge in [0.2, 0.25) is 0 Å². The highest BCUT2D eigenvalue weighted by Gasteiger charge is 2.16. The van der Waals surface area contributed by atoms with Crippen molar-refractivity contribution in [3.05, 3.63) is 169 Å². The molecule has 4 aromatic carbocycles. The summed E-state index contributed by atoms with van der Waals surface area (Å²) in [6.45, 7) is 0. The summed E-state index contributed by atoms with van der Waals surface area (Å²) in [5.41, 5.74) is 15.8. The molecule has 0 saturated carbocycles. The van der Waals surface area contributed by atoms with E-state index in [2.05, 4.69) is 145 Å². The van der Waals surface area contributed by atoms with E-state index in [0.717, 1.165) is 89.2 Å². The molecule has 1 N–H and O–H groups in total. The highest BCUT2D eigenvalue weighted by Crippen LogP contribution is 2.40. The summed E-state index contributed by atoms with van der Waals surface area (Å²) < 4.78 is 0. The molecular formula is C44H29N4-. The van der Waals surface area contributed by atoms with Crippen LogP contribution in [0, 0.1) is 0 Å². The molecule has 0 fully saturated rings. The Morgan fingerprint density at radius 1 is 0.438 bits per heavy atom. The molecule has 4 nitrogen and oxygen atoms in total. The first kappa shape index (κ1) is 27.8. The predicted molar refractivity (Wildman–Crippen MR) is 200 cm³/mol. The predicted octanol–water partition coefficient (Wildman–Crippen LogP) is 11.1. The number of H-pyrrole nitrogens is 1. The van der Waals surface area contributed by atoms with Crippen LogP contribution in [0.4, 0.5) is 5.69 Å². The minimum Gasteiger partial charge on any atom is -0.657 e. The van der Waals surface area contributed by atoms with Crippen LogP contribution < -0.4 is 4.98 Å². The van der Waals surface area contributed by atoms with Gasteiger partial charge in [0, 0.05) is 33.9 Å². The van der Waals surface area contributed by atoms with E-state index in [4.69, 9.17) is 15.0 Å². The lowest BCUT2D eigenvalue weighted by Gasteiger charge is -2.12. The maximum Gasteiger partial charge on any atom is 0.0737 e. The number of rotatable bonds is 4. The molecule has 0 radical (unpaired) electrons. The Morgan fingerprint density at radius 2 is 0.896 bits per heavy atom. The number of hydrogen-bond donors (Lipinski definition) is 1. The Balaban J connectivity index is 1.49. The fraction of sp³-hybridized carbons (Fsp3) is 0. The average Bonchev–Trinajstić information content (AvgIpc) is 3.98. The van der Waals surface area contributed by atoms with Gasteiger partial charge in [-0.1, -0.05) is 133 Å². The topological polar surface area (TPSA) is 55.1 Å². The molecule has 7 aromatic rings. The van der Waals surface area contributed by atoms with Gasteiger partial charge in [0.25, 0.3) is 0 Å². The van der Waals surface area contributed by atoms with Gasteiger partial charge in [-0.15, -0.1) is 11.0 Å². The Morgan fingerprint density at radius 3 is 1.48 bits per heavy atom. The third-order valence-electron chi connectivity index (χ3n) is 8.96. The van der Waals surface area contributed by atoms with Crippen molar-refractivity contribution in [2.75, 3.05) is 0 Å². The molecule has 0 amide bonds. The third kappa shape index (κ3) is 4.88. The Kier molecular flexibility index (Phi) is 6.76. The molecule has 0 unspecified atom stereocenters. The summed E-state index contributed by atoms with van der Waals surface area (Å²) in [6.07, 6.45) is 6.22. The summed E-state index contributed by atoms with van der Waals surface area (Å²) in [6, 6.07) is 52.6. The van der Waals surface area contributed by atoms with Gasteiger partial charge >= 0.3 is 0 Å². The first-order chi connectivity index (χ1) is 23.8. The van der Waals surface area contributed by atoms with Crippen molar-refractivity contribution in [1.29, 1.82) is 0 Å². The minimum atomic E-state index is 0.876. The molecule has 226 valence electrons. The Labute approximate surface area is 278 Å². The first-order valence-corrected chi connectivity index (χ1v) is 16.1. The maximum atomic E-state index is 5.33. The van der Waals surface area contributed by atoms with E-state index < -0.39 is 0 Å². The maximum absolute atomic E-state index is 5.33. The van der Waals surface area contributed by atoms with Crippen LogP contribution in [-0.2, 0) is 0 Å². The zero-order valence-electron chi connectivity index (χ0n) is 26.0. The fourth-order valence-corrected chi connectivity index (χ4v) is 6.79. The number of nitrogens with one attached hydrogen (secondary N) is 1. The van der Waals surface area contributed by atoms with Crippen LogP contribution in [0.1, 0.15) is 17.0 Å². The van der Waals surface area contributed by atoms with E-state index in [1.165, 1.54) is 0 Å². The third-order valence-corrected chi connectivity index (χ3v) is 8.96. The van der Waals surface area contributed by atoms with Crippen molar-refractivity contribution in [3.63, 3.8) is 0 Å². The van der Waals surface area contributed by atoms with Gasteiger partial charge in [-0.3, -0.25) is 4.99 Å². The minimum absolute atomic E-state index is 0.876. The van der Waals surface area contributed by atoms with Crippen molar-refractivity contribution >= 4 is 46.1 Å². The van der Waals surface area contributed by atoms with Crippen molar-refractivity contribution in [1.82, 2.24) is 15.0 Å². The molecule has 8 bridgehead atoms. The number of aliphatic imine (C=N–C) groups is 1. The number of aromatic amines is 1. The number of benzene rings is 4. The zero-order valence-corrected chi connectivity index (χ0v) is 26.0. The second kappa shape index (κ2) is 11.7. The number of hydrogen-bond acceptors (Lipinski definition) is 2. The SMILES string of the molecule is C1=Cc2nc1c(-c1ccccc1)c1ccc([n-]1)c(-c1ccccc1)c1cc(c(-c3ccccc3)c3ccc([nH]3)c2-c2ccccc2)N=C1. The summed E-state index contributed by atoms with van der Waals surface area (Å²) in [4.78, 5) is 19.5. The van der Waals surface area contributed by atoms with Gasteiger partial charge < -0.3 is 9.97 Å². The molecule has 0 saturated heterocycles. The molecule has 2 aliphatic rings. The monoisotopic (exact) mass is 613 g/mol. The highest BCUT2D eigenvalue weighted by atomic mass is 14.8. The molecule has 4 heteroatoms. The zero-order chi connectivity index (χ0) is 31.9. The standard InChI is InChI=1S/C44H29N4/c1-5-13-29(14-6-1)41-33-27-40(45-28-33)44(32-19-11-4-12-20-32)39-26-25-38(48-39)43(31-17-9-3-10-18-31)37-24-23-36(47-37)42(30-15-7-2-8-16-30)35-22-21-34(41)46-35/h1-28,48H/q-1. The molecule has 5 heterocycles. The van der Waals surface area contributed by atoms with Crippen LogP contribution in [0.3, 0.4) is 0 Å². The summed E-state index contributed by atoms with van der Waals surface area (Å²) in [7, 11) is 0. The molecule has 0 aliphatic carbocycles. The molecule has 0 atom stereocenters. The molecule has 48 heavy (non-hydrogen) atoms. The lowest BCUT2D eigenvalue weighted by molar-refractivity contribution is 1.32. The second-order valence-electron chi connectivity index (χ2n) is 11.9. The van der Waals surface area contributed by atoms with E-state index in [1.807, 2.05) is 30.5 Å². The molecule has 0 spiro atoms. The Bertz CT molecular complexity index is 2170. The van der Waals surface area contributed by atoms with Gasteiger partial charge in [0.05, 0.1) is 17.1 Å². The van der Waals surface area contributed by atoms with E-state index in [9.17, 15) is 0 Å². The van der Waals surface area contributed by atoms with Gasteiger partial charge in [-0.05, 0) is 63.7 Å². The molecule has 3 aromatic heterocycles. The number of fused-ring (bicyclic) bond motifs is 8. The second-order valence-corrected chi connectivity index (χ2v) is 11.9. The van der Waals surface area contributed by atoms with Gasteiger partial charge in [0.15, 0.2) is 0 Å². The first-order valence-electron chi connectivity index (χ1n) is 16.1. The lowest BCUT2D eigenvalue weighted by atomic mass is 10.0. The van der Waals surface area contributed by atoms with Crippen LogP contribution in [0.2, 0.25) is 0 Å². The van der Waals surface area contributed by atoms with Crippen LogP contribution in [0.15, 0.2) is 157 Å². The van der Waals surface area contributed by atoms with E-state index >= 15 is 0 Å².